The van der Waals surface area contributed by atoms with Crippen molar-refractivity contribution in [2.75, 3.05) is 13.7 Å². The lowest BCUT2D eigenvalue weighted by Gasteiger charge is -2.22. The standard InChI is InChI=1S/C13H14FNO3/c1-18-13(17)11-6-3-7-15(11)12(16)9-4-2-5-10(14)8-9/h2,4-5,8,11H,3,6-7H2,1H3. The van der Waals surface area contributed by atoms with E-state index in [9.17, 15) is 14.0 Å². The van der Waals surface area contributed by atoms with E-state index in [4.69, 9.17) is 0 Å². The van der Waals surface area contributed by atoms with Gasteiger partial charge in [-0.1, -0.05) is 6.07 Å². The van der Waals surface area contributed by atoms with Crippen molar-refractivity contribution in [2.45, 2.75) is 18.9 Å². The predicted molar refractivity (Wildman–Crippen MR) is 62.5 cm³/mol. The van der Waals surface area contributed by atoms with E-state index in [0.29, 0.717) is 13.0 Å². The van der Waals surface area contributed by atoms with Crippen molar-refractivity contribution < 1.29 is 18.7 Å². The molecule has 1 amide bonds. The molecule has 0 aliphatic carbocycles. The number of carbonyl (C=O) groups is 2. The topological polar surface area (TPSA) is 46.6 Å². The number of hydrogen-bond donors (Lipinski definition) is 0. The van der Waals surface area contributed by atoms with Crippen LogP contribution in [0.5, 0.6) is 0 Å². The number of carbonyl (C=O) groups excluding carboxylic acids is 2. The summed E-state index contributed by atoms with van der Waals surface area (Å²) >= 11 is 0. The molecule has 0 spiro atoms. The molecule has 5 heteroatoms. The summed E-state index contributed by atoms with van der Waals surface area (Å²) in [5.41, 5.74) is 0.255. The Hall–Kier alpha value is -1.91. The number of hydrogen-bond acceptors (Lipinski definition) is 3. The van der Waals surface area contributed by atoms with E-state index in [1.54, 1.807) is 0 Å². The molecular formula is C13H14FNO3. The Labute approximate surface area is 104 Å². The van der Waals surface area contributed by atoms with Crippen molar-refractivity contribution in [3.05, 3.63) is 35.6 Å². The van der Waals surface area contributed by atoms with Crippen molar-refractivity contribution in [3.8, 4) is 0 Å². The number of nitrogens with zero attached hydrogens (tertiary/aromatic N) is 1. The van der Waals surface area contributed by atoms with Gasteiger partial charge in [0.2, 0.25) is 0 Å². The fourth-order valence-electron chi connectivity index (χ4n) is 2.18. The fourth-order valence-corrected chi connectivity index (χ4v) is 2.18. The van der Waals surface area contributed by atoms with Crippen molar-refractivity contribution in [1.29, 1.82) is 0 Å². The zero-order chi connectivity index (χ0) is 13.1. The molecule has 96 valence electrons. The van der Waals surface area contributed by atoms with Gasteiger partial charge >= 0.3 is 5.97 Å². The summed E-state index contributed by atoms with van der Waals surface area (Å²) in [5, 5.41) is 0. The van der Waals surface area contributed by atoms with Crippen LogP contribution in [0, 0.1) is 5.82 Å². The highest BCUT2D eigenvalue weighted by molar-refractivity contribution is 5.97. The third-order valence-electron chi connectivity index (χ3n) is 3.06. The van der Waals surface area contributed by atoms with Gasteiger partial charge < -0.3 is 9.64 Å². The molecule has 0 bridgehead atoms. The molecule has 1 aromatic rings. The zero-order valence-electron chi connectivity index (χ0n) is 10.1. The minimum Gasteiger partial charge on any atom is -0.467 e. The van der Waals surface area contributed by atoms with Crippen molar-refractivity contribution in [3.63, 3.8) is 0 Å². The van der Waals surface area contributed by atoms with Crippen molar-refractivity contribution in [2.24, 2.45) is 0 Å². The van der Waals surface area contributed by atoms with E-state index in [0.717, 1.165) is 6.42 Å². The monoisotopic (exact) mass is 251 g/mol. The van der Waals surface area contributed by atoms with Crippen LogP contribution >= 0.6 is 0 Å². The second kappa shape index (κ2) is 5.16. The highest BCUT2D eigenvalue weighted by Gasteiger charge is 2.35. The maximum Gasteiger partial charge on any atom is 0.328 e. The van der Waals surface area contributed by atoms with Crippen LogP contribution < -0.4 is 0 Å². The number of rotatable bonds is 2. The molecule has 2 rings (SSSR count). The fraction of sp³-hybridized carbons (Fsp3) is 0.385. The molecule has 0 N–H and O–H groups in total. The molecule has 0 aromatic heterocycles. The summed E-state index contributed by atoms with van der Waals surface area (Å²) in [6, 6.07) is 4.92. The average molecular weight is 251 g/mol. The summed E-state index contributed by atoms with van der Waals surface area (Å²) in [4.78, 5) is 25.2. The maximum absolute atomic E-state index is 13.1. The number of amides is 1. The lowest BCUT2D eigenvalue weighted by atomic mass is 10.1. The van der Waals surface area contributed by atoms with Gasteiger partial charge in [-0.2, -0.15) is 0 Å². The van der Waals surface area contributed by atoms with E-state index in [-0.39, 0.29) is 11.5 Å². The van der Waals surface area contributed by atoms with Gasteiger partial charge in [0, 0.05) is 12.1 Å². The summed E-state index contributed by atoms with van der Waals surface area (Å²) in [5.74, 6) is -1.21. The lowest BCUT2D eigenvalue weighted by Crippen LogP contribution is -2.41. The molecule has 0 radical (unpaired) electrons. The van der Waals surface area contributed by atoms with E-state index in [2.05, 4.69) is 4.74 Å². The van der Waals surface area contributed by atoms with Crippen LogP contribution in [-0.4, -0.2) is 36.5 Å². The van der Waals surface area contributed by atoms with Crippen LogP contribution in [-0.2, 0) is 9.53 Å². The SMILES string of the molecule is COC(=O)C1CCCN1C(=O)c1cccc(F)c1. The molecule has 0 saturated carbocycles. The van der Waals surface area contributed by atoms with E-state index < -0.39 is 17.8 Å². The summed E-state index contributed by atoms with van der Waals surface area (Å²) in [6.07, 6.45) is 1.34. The molecule has 1 heterocycles. The van der Waals surface area contributed by atoms with Crippen LogP contribution in [0.4, 0.5) is 4.39 Å². The maximum atomic E-state index is 13.1. The number of ether oxygens (including phenoxy) is 1. The van der Waals surface area contributed by atoms with Crippen LogP contribution in [0.15, 0.2) is 24.3 Å². The van der Waals surface area contributed by atoms with Gasteiger partial charge in [-0.25, -0.2) is 9.18 Å². The molecule has 1 atom stereocenters. The van der Waals surface area contributed by atoms with Gasteiger partial charge in [-0.3, -0.25) is 4.79 Å². The van der Waals surface area contributed by atoms with Crippen molar-refractivity contribution >= 4 is 11.9 Å². The summed E-state index contributed by atoms with van der Waals surface area (Å²) in [7, 11) is 1.30. The molecule has 1 saturated heterocycles. The molecule has 1 unspecified atom stereocenters. The Bertz CT molecular complexity index is 475. The van der Waals surface area contributed by atoms with E-state index in [1.807, 2.05) is 0 Å². The third-order valence-corrected chi connectivity index (χ3v) is 3.06. The Morgan fingerprint density at radius 3 is 2.89 bits per heavy atom. The number of halogens is 1. The minimum atomic E-state index is -0.550. The van der Waals surface area contributed by atoms with Crippen LogP contribution in [0.2, 0.25) is 0 Å². The number of benzene rings is 1. The van der Waals surface area contributed by atoms with E-state index >= 15 is 0 Å². The van der Waals surface area contributed by atoms with Gasteiger partial charge in [0.05, 0.1) is 7.11 Å². The van der Waals surface area contributed by atoms with Gasteiger partial charge in [0.1, 0.15) is 11.9 Å². The highest BCUT2D eigenvalue weighted by atomic mass is 19.1. The van der Waals surface area contributed by atoms with E-state index in [1.165, 1.54) is 36.3 Å². The quantitative estimate of drug-likeness (QED) is 0.750. The first kappa shape index (κ1) is 12.5. The van der Waals surface area contributed by atoms with Crippen LogP contribution in [0.1, 0.15) is 23.2 Å². The molecule has 1 fully saturated rings. The molecular weight excluding hydrogens is 237 g/mol. The van der Waals surface area contributed by atoms with Gasteiger partial charge in [0.25, 0.3) is 5.91 Å². The number of likely N-dealkylation sites (tertiary alicyclic amines) is 1. The second-order valence-corrected chi connectivity index (χ2v) is 4.19. The lowest BCUT2D eigenvalue weighted by molar-refractivity contribution is -0.145. The Kier molecular flexibility index (Phi) is 3.60. The van der Waals surface area contributed by atoms with Gasteiger partial charge in [-0.15, -0.1) is 0 Å². The summed E-state index contributed by atoms with van der Waals surface area (Å²) in [6.45, 7) is 0.495. The normalized spacial score (nSPS) is 18.8. The highest BCUT2D eigenvalue weighted by Crippen LogP contribution is 2.21. The molecule has 1 aliphatic rings. The van der Waals surface area contributed by atoms with Crippen LogP contribution in [0.25, 0.3) is 0 Å². The minimum absolute atomic E-state index is 0.255. The molecule has 1 aromatic carbocycles. The first-order chi connectivity index (χ1) is 8.63. The zero-order valence-corrected chi connectivity index (χ0v) is 10.1. The smallest absolute Gasteiger partial charge is 0.328 e. The van der Waals surface area contributed by atoms with Gasteiger partial charge in [-0.05, 0) is 31.0 Å². The Morgan fingerprint density at radius 1 is 1.44 bits per heavy atom. The number of methoxy groups -OCH3 is 1. The second-order valence-electron chi connectivity index (χ2n) is 4.19. The largest absolute Gasteiger partial charge is 0.467 e. The van der Waals surface area contributed by atoms with Crippen LogP contribution in [0.3, 0.4) is 0 Å². The van der Waals surface area contributed by atoms with Crippen molar-refractivity contribution in [1.82, 2.24) is 4.90 Å². The Morgan fingerprint density at radius 2 is 2.22 bits per heavy atom. The Balaban J connectivity index is 2.20. The first-order valence-corrected chi connectivity index (χ1v) is 5.78. The van der Waals surface area contributed by atoms with Gasteiger partial charge in [0.15, 0.2) is 0 Å². The third kappa shape index (κ3) is 2.34. The molecule has 18 heavy (non-hydrogen) atoms. The number of esters is 1. The summed E-state index contributed by atoms with van der Waals surface area (Å²) < 4.78 is 17.7. The average Bonchev–Trinajstić information content (AvgIpc) is 2.86. The predicted octanol–water partition coefficient (Wildman–Crippen LogP) is 1.60. The molecule has 4 nitrogen and oxygen atoms in total. The first-order valence-electron chi connectivity index (χ1n) is 5.78. The molecule has 1 aliphatic heterocycles.